The predicted octanol–water partition coefficient (Wildman–Crippen LogP) is 2.31. The maximum atomic E-state index is 5.55. The summed E-state index contributed by atoms with van der Waals surface area (Å²) in [4.78, 5) is 0. The lowest BCUT2D eigenvalue weighted by Crippen LogP contribution is -2.40. The molecule has 13 heavy (non-hydrogen) atoms. The van der Waals surface area contributed by atoms with Crippen molar-refractivity contribution in [2.45, 2.75) is 38.0 Å². The van der Waals surface area contributed by atoms with Crippen LogP contribution in [0.3, 0.4) is 0 Å². The maximum Gasteiger partial charge on any atom is 0.118 e. The van der Waals surface area contributed by atoms with E-state index in [1.165, 1.54) is 12.8 Å². The van der Waals surface area contributed by atoms with Gasteiger partial charge in [0, 0.05) is 7.11 Å². The van der Waals surface area contributed by atoms with Gasteiger partial charge in [-0.3, -0.25) is 0 Å². The van der Waals surface area contributed by atoms with Crippen LogP contribution in [0, 0.1) is 11.8 Å². The van der Waals surface area contributed by atoms with Gasteiger partial charge in [-0.25, -0.2) is 0 Å². The molecule has 0 heterocycles. The van der Waals surface area contributed by atoms with Crippen molar-refractivity contribution in [3.63, 3.8) is 0 Å². The van der Waals surface area contributed by atoms with Crippen molar-refractivity contribution >= 4 is 10.9 Å². The Bertz CT molecular complexity index is 146. The Labute approximate surface area is 85.6 Å². The Morgan fingerprint density at radius 2 is 1.54 bits per heavy atom. The van der Waals surface area contributed by atoms with Crippen LogP contribution in [0.4, 0.5) is 0 Å². The van der Waals surface area contributed by atoms with Crippen molar-refractivity contribution in [2.75, 3.05) is 19.6 Å². The van der Waals surface area contributed by atoms with Crippen molar-refractivity contribution in [1.29, 1.82) is 0 Å². The van der Waals surface area contributed by atoms with E-state index in [1.807, 2.05) is 7.11 Å². The first-order valence-electron chi connectivity index (χ1n) is 5.15. The molecule has 2 heteroatoms. The summed E-state index contributed by atoms with van der Waals surface area (Å²) in [5, 5.41) is 0.941. The molecule has 0 aliphatic heterocycles. The molecule has 1 rings (SSSR count). The SMILES string of the molecule is COC1C(C)CC([S+](C)C)CC1C. The minimum absolute atomic E-state index is 0.500. The fourth-order valence-corrected chi connectivity index (χ4v) is 3.98. The van der Waals surface area contributed by atoms with E-state index >= 15 is 0 Å². The molecule has 2 unspecified atom stereocenters. The summed E-state index contributed by atoms with van der Waals surface area (Å²) in [7, 11) is 2.44. The van der Waals surface area contributed by atoms with Gasteiger partial charge in [-0.1, -0.05) is 13.8 Å². The van der Waals surface area contributed by atoms with Crippen molar-refractivity contribution in [3.05, 3.63) is 0 Å². The third-order valence-electron chi connectivity index (χ3n) is 3.33. The molecular formula is C11H23OS+. The topological polar surface area (TPSA) is 9.23 Å². The Morgan fingerprint density at radius 1 is 1.08 bits per heavy atom. The second-order valence-electron chi connectivity index (χ2n) is 4.63. The third-order valence-corrected chi connectivity index (χ3v) is 5.05. The lowest BCUT2D eigenvalue weighted by atomic mass is 9.80. The fourth-order valence-electron chi connectivity index (χ4n) is 2.60. The largest absolute Gasteiger partial charge is 0.381 e. The summed E-state index contributed by atoms with van der Waals surface area (Å²) in [5.74, 6) is 1.49. The van der Waals surface area contributed by atoms with Gasteiger partial charge in [0.15, 0.2) is 0 Å². The first-order chi connectivity index (χ1) is 6.06. The third kappa shape index (κ3) is 2.63. The van der Waals surface area contributed by atoms with Gasteiger partial charge in [0.25, 0.3) is 0 Å². The Morgan fingerprint density at radius 3 is 1.85 bits per heavy atom. The molecule has 0 saturated heterocycles. The van der Waals surface area contributed by atoms with Crippen molar-refractivity contribution in [1.82, 2.24) is 0 Å². The summed E-state index contributed by atoms with van der Waals surface area (Å²) in [6, 6.07) is 0. The quantitative estimate of drug-likeness (QED) is 0.626. The van der Waals surface area contributed by atoms with E-state index in [9.17, 15) is 0 Å². The van der Waals surface area contributed by atoms with Gasteiger partial charge in [-0.2, -0.15) is 0 Å². The molecule has 78 valence electrons. The van der Waals surface area contributed by atoms with E-state index in [0.717, 1.165) is 17.1 Å². The van der Waals surface area contributed by atoms with Crippen molar-refractivity contribution in [3.8, 4) is 0 Å². The second-order valence-corrected chi connectivity index (χ2v) is 7.05. The number of methoxy groups -OCH3 is 1. The molecule has 0 radical (unpaired) electrons. The number of hydrogen-bond acceptors (Lipinski definition) is 1. The zero-order chi connectivity index (χ0) is 10.0. The van der Waals surface area contributed by atoms with E-state index in [2.05, 4.69) is 26.4 Å². The summed E-state index contributed by atoms with van der Waals surface area (Å²) >= 11 is 0. The first kappa shape index (κ1) is 11.4. The summed E-state index contributed by atoms with van der Waals surface area (Å²) in [6.45, 7) is 4.67. The molecule has 0 spiro atoms. The van der Waals surface area contributed by atoms with Crippen LogP contribution >= 0.6 is 0 Å². The average Bonchev–Trinajstić information content (AvgIpc) is 2.03. The van der Waals surface area contributed by atoms with Gasteiger partial charge in [0.1, 0.15) is 5.25 Å². The maximum absolute atomic E-state index is 5.55. The molecule has 0 aromatic carbocycles. The van der Waals surface area contributed by atoms with E-state index < -0.39 is 0 Å². The minimum atomic E-state index is 0.500. The van der Waals surface area contributed by atoms with Crippen molar-refractivity contribution in [2.24, 2.45) is 11.8 Å². The van der Waals surface area contributed by atoms with Gasteiger partial charge in [0.2, 0.25) is 0 Å². The van der Waals surface area contributed by atoms with Gasteiger partial charge < -0.3 is 4.74 Å². The molecule has 0 aromatic heterocycles. The zero-order valence-electron chi connectivity index (χ0n) is 9.54. The van der Waals surface area contributed by atoms with Gasteiger partial charge in [-0.05, 0) is 35.6 Å². The highest BCUT2D eigenvalue weighted by Gasteiger charge is 2.38. The van der Waals surface area contributed by atoms with Crippen LogP contribution in [-0.2, 0) is 15.6 Å². The van der Waals surface area contributed by atoms with Crippen molar-refractivity contribution < 1.29 is 4.74 Å². The number of ether oxygens (including phenoxy) is 1. The second kappa shape index (κ2) is 4.70. The Kier molecular flexibility index (Phi) is 4.11. The minimum Gasteiger partial charge on any atom is -0.381 e. The van der Waals surface area contributed by atoms with Crippen LogP contribution in [0.2, 0.25) is 0 Å². The van der Waals surface area contributed by atoms with Gasteiger partial charge in [0.05, 0.1) is 18.6 Å². The highest BCUT2D eigenvalue weighted by atomic mass is 32.2. The molecule has 1 saturated carbocycles. The summed E-state index contributed by atoms with van der Waals surface area (Å²) < 4.78 is 5.55. The zero-order valence-corrected chi connectivity index (χ0v) is 10.4. The van der Waals surface area contributed by atoms with Crippen LogP contribution in [0.5, 0.6) is 0 Å². The monoisotopic (exact) mass is 203 g/mol. The molecule has 2 atom stereocenters. The molecular weight excluding hydrogens is 180 g/mol. The molecule has 1 aliphatic carbocycles. The highest BCUT2D eigenvalue weighted by Crippen LogP contribution is 2.34. The summed E-state index contributed by atoms with van der Waals surface area (Å²) in [6.07, 6.45) is 7.96. The molecule has 0 aromatic rings. The molecule has 0 bridgehead atoms. The molecule has 0 amide bonds. The van der Waals surface area contributed by atoms with Gasteiger partial charge >= 0.3 is 0 Å². The van der Waals surface area contributed by atoms with E-state index in [1.54, 1.807) is 0 Å². The Hall–Kier alpha value is 0.310. The number of hydrogen-bond donors (Lipinski definition) is 0. The standard InChI is InChI=1S/C11H23OS/c1-8-6-10(13(4)5)7-9(2)11(8)12-3/h8-11H,6-7H2,1-5H3/q+1. The Balaban J connectivity index is 2.56. The van der Waals surface area contributed by atoms with Crippen LogP contribution in [0.1, 0.15) is 26.7 Å². The molecule has 1 aliphatic rings. The fraction of sp³-hybridized carbons (Fsp3) is 1.00. The average molecular weight is 203 g/mol. The van der Waals surface area contributed by atoms with Gasteiger partial charge in [-0.15, -0.1) is 0 Å². The molecule has 0 N–H and O–H groups in total. The van der Waals surface area contributed by atoms with Crippen LogP contribution in [0.25, 0.3) is 0 Å². The summed E-state index contributed by atoms with van der Waals surface area (Å²) in [5.41, 5.74) is 0. The predicted molar refractivity (Wildman–Crippen MR) is 61.4 cm³/mol. The first-order valence-corrected chi connectivity index (χ1v) is 7.25. The van der Waals surface area contributed by atoms with E-state index in [4.69, 9.17) is 4.74 Å². The smallest absolute Gasteiger partial charge is 0.118 e. The van der Waals surface area contributed by atoms with E-state index in [-0.39, 0.29) is 0 Å². The van der Waals surface area contributed by atoms with Crippen LogP contribution in [-0.4, -0.2) is 31.0 Å². The molecule has 1 nitrogen and oxygen atoms in total. The highest BCUT2D eigenvalue weighted by molar-refractivity contribution is 7.96. The van der Waals surface area contributed by atoms with Crippen LogP contribution < -0.4 is 0 Å². The lowest BCUT2D eigenvalue weighted by Gasteiger charge is -2.36. The lowest BCUT2D eigenvalue weighted by molar-refractivity contribution is -0.00531. The normalized spacial score (nSPS) is 41.1. The van der Waals surface area contributed by atoms with Crippen LogP contribution in [0.15, 0.2) is 0 Å². The van der Waals surface area contributed by atoms with E-state index in [0.29, 0.717) is 17.0 Å². The molecule has 1 fully saturated rings. The number of rotatable bonds is 2.